The summed E-state index contributed by atoms with van der Waals surface area (Å²) in [6, 6.07) is 1.00. The maximum absolute atomic E-state index is 12.5. The highest BCUT2D eigenvalue weighted by atomic mass is 32.1. The van der Waals surface area contributed by atoms with E-state index in [2.05, 4.69) is 4.98 Å². The number of hydrogen-bond donors (Lipinski definition) is 1. The van der Waals surface area contributed by atoms with Crippen LogP contribution in [0, 0.1) is 0 Å². The molecule has 1 atom stereocenters. The van der Waals surface area contributed by atoms with Gasteiger partial charge in [0.25, 0.3) is 5.91 Å². The molecule has 110 valence electrons. The first-order valence-corrected chi connectivity index (χ1v) is 8.02. The maximum atomic E-state index is 12.5. The van der Waals surface area contributed by atoms with Crippen LogP contribution in [0.15, 0.2) is 23.0 Å². The number of carboxylic acid groups (broad SMARTS) is 1. The summed E-state index contributed by atoms with van der Waals surface area (Å²) in [6.45, 7) is 0.657. The molecule has 8 heteroatoms. The highest BCUT2D eigenvalue weighted by Crippen LogP contribution is 2.28. The molecule has 2 aromatic rings. The number of carbonyl (C=O) groups excluding carboxylic acids is 1. The summed E-state index contributed by atoms with van der Waals surface area (Å²) in [4.78, 5) is 29.7. The van der Waals surface area contributed by atoms with Gasteiger partial charge in [-0.3, -0.25) is 4.79 Å². The number of ether oxygens (including phenoxy) is 1. The summed E-state index contributed by atoms with van der Waals surface area (Å²) in [5, 5.41) is 13.8. The number of carboxylic acids is 1. The van der Waals surface area contributed by atoms with Crippen LogP contribution in [0.4, 0.5) is 0 Å². The fourth-order valence-corrected chi connectivity index (χ4v) is 3.67. The molecule has 3 rings (SSSR count). The predicted octanol–water partition coefficient (Wildman–Crippen LogP) is 1.80. The molecule has 1 N–H and O–H groups in total. The van der Waals surface area contributed by atoms with Gasteiger partial charge in [0.15, 0.2) is 6.04 Å². The molecule has 0 radical (unpaired) electrons. The van der Waals surface area contributed by atoms with Crippen molar-refractivity contribution in [2.75, 3.05) is 19.8 Å². The van der Waals surface area contributed by atoms with Crippen LogP contribution in [0.2, 0.25) is 0 Å². The van der Waals surface area contributed by atoms with E-state index in [4.69, 9.17) is 4.74 Å². The predicted molar refractivity (Wildman–Crippen MR) is 78.7 cm³/mol. The van der Waals surface area contributed by atoms with Gasteiger partial charge in [-0.15, -0.1) is 11.3 Å². The van der Waals surface area contributed by atoms with Crippen molar-refractivity contribution in [1.82, 2.24) is 9.88 Å². The first-order chi connectivity index (χ1) is 10.2. The van der Waals surface area contributed by atoms with E-state index in [1.165, 1.54) is 22.4 Å². The summed E-state index contributed by atoms with van der Waals surface area (Å²) in [6.07, 6.45) is 1.51. The average molecular weight is 324 g/mol. The quantitative estimate of drug-likeness (QED) is 0.931. The van der Waals surface area contributed by atoms with Crippen molar-refractivity contribution in [3.8, 4) is 10.6 Å². The number of rotatable bonds is 3. The number of thiophene rings is 1. The molecule has 0 aromatic carbocycles. The minimum atomic E-state index is -1.05. The molecule has 1 aliphatic rings. The molecule has 0 saturated carbocycles. The zero-order valence-corrected chi connectivity index (χ0v) is 12.5. The molecule has 21 heavy (non-hydrogen) atoms. The molecule has 3 heterocycles. The Morgan fingerprint density at radius 2 is 2.33 bits per heavy atom. The van der Waals surface area contributed by atoms with Crippen LogP contribution in [0.1, 0.15) is 9.67 Å². The molecular formula is C13H12N2O4S2. The number of amides is 1. The molecule has 0 bridgehead atoms. The van der Waals surface area contributed by atoms with Gasteiger partial charge in [-0.05, 0) is 11.4 Å². The smallest absolute Gasteiger partial charge is 0.328 e. The van der Waals surface area contributed by atoms with Gasteiger partial charge in [-0.2, -0.15) is 11.3 Å². The van der Waals surface area contributed by atoms with Crippen LogP contribution >= 0.6 is 22.7 Å². The van der Waals surface area contributed by atoms with E-state index in [0.29, 0.717) is 11.5 Å². The van der Waals surface area contributed by atoms with Gasteiger partial charge in [0.2, 0.25) is 0 Å². The number of nitrogens with zero attached hydrogens (tertiary/aromatic N) is 2. The van der Waals surface area contributed by atoms with E-state index in [9.17, 15) is 14.7 Å². The van der Waals surface area contributed by atoms with Crippen molar-refractivity contribution in [3.63, 3.8) is 0 Å². The van der Waals surface area contributed by atoms with Gasteiger partial charge < -0.3 is 14.7 Å². The molecule has 0 spiro atoms. The van der Waals surface area contributed by atoms with Crippen LogP contribution in [0.3, 0.4) is 0 Å². The van der Waals surface area contributed by atoms with Crippen molar-refractivity contribution in [1.29, 1.82) is 0 Å². The summed E-state index contributed by atoms with van der Waals surface area (Å²) in [5.41, 5.74) is 0.973. The lowest BCUT2D eigenvalue weighted by Crippen LogP contribution is -2.52. The van der Waals surface area contributed by atoms with E-state index in [0.717, 1.165) is 10.6 Å². The molecule has 0 aliphatic carbocycles. The van der Waals surface area contributed by atoms with Crippen molar-refractivity contribution < 1.29 is 19.4 Å². The Labute approximate surface area is 128 Å². The number of aliphatic carboxylic acids is 1. The van der Waals surface area contributed by atoms with Crippen molar-refractivity contribution in [2.24, 2.45) is 0 Å². The summed E-state index contributed by atoms with van der Waals surface area (Å²) in [7, 11) is 0. The second-order valence-corrected chi connectivity index (χ2v) is 6.28. The topological polar surface area (TPSA) is 79.7 Å². The van der Waals surface area contributed by atoms with E-state index in [1.807, 2.05) is 16.8 Å². The Morgan fingerprint density at radius 1 is 1.48 bits per heavy atom. The normalized spacial score (nSPS) is 18.7. The summed E-state index contributed by atoms with van der Waals surface area (Å²) in [5.74, 6) is -1.35. The average Bonchev–Trinajstić information content (AvgIpc) is 3.17. The number of thiazole rings is 1. The van der Waals surface area contributed by atoms with Gasteiger partial charge in [0.1, 0.15) is 9.88 Å². The van der Waals surface area contributed by atoms with Crippen molar-refractivity contribution in [2.45, 2.75) is 6.04 Å². The molecule has 1 saturated heterocycles. The maximum Gasteiger partial charge on any atom is 0.328 e. The third kappa shape index (κ3) is 2.82. The van der Waals surface area contributed by atoms with E-state index >= 15 is 0 Å². The minimum Gasteiger partial charge on any atom is -0.480 e. The summed E-state index contributed by atoms with van der Waals surface area (Å²) >= 11 is 2.84. The van der Waals surface area contributed by atoms with Gasteiger partial charge in [-0.1, -0.05) is 0 Å². The van der Waals surface area contributed by atoms with Crippen LogP contribution in [-0.4, -0.2) is 52.7 Å². The number of hydrogen-bond acceptors (Lipinski definition) is 6. The first kappa shape index (κ1) is 14.2. The zero-order chi connectivity index (χ0) is 14.8. The highest BCUT2D eigenvalue weighted by Gasteiger charge is 2.34. The molecule has 1 fully saturated rings. The van der Waals surface area contributed by atoms with E-state index in [-0.39, 0.29) is 19.1 Å². The Morgan fingerprint density at radius 3 is 3.05 bits per heavy atom. The van der Waals surface area contributed by atoms with Crippen LogP contribution in [-0.2, 0) is 9.53 Å². The number of aromatic nitrogens is 1. The molecule has 1 aliphatic heterocycles. The second-order valence-electron chi connectivity index (χ2n) is 4.47. The van der Waals surface area contributed by atoms with Crippen molar-refractivity contribution in [3.05, 3.63) is 27.9 Å². The minimum absolute atomic E-state index is 0.0251. The standard InChI is InChI=1S/C13H12N2O4S2/c16-12(15-2-3-19-6-9(15)13(17)18)10-5-14-11(21-10)8-1-4-20-7-8/h1,4-5,7,9H,2-3,6H2,(H,17,18)/t9-/m0/s1. The SMILES string of the molecule is O=C(O)[C@@H]1COCCN1C(=O)c1cnc(-c2ccsc2)s1. The fourth-order valence-electron chi connectivity index (χ4n) is 2.09. The van der Waals surface area contributed by atoms with E-state index < -0.39 is 12.0 Å². The monoisotopic (exact) mass is 324 g/mol. The second kappa shape index (κ2) is 5.92. The molecule has 1 amide bonds. The first-order valence-electron chi connectivity index (χ1n) is 6.26. The van der Waals surface area contributed by atoms with Gasteiger partial charge >= 0.3 is 5.97 Å². The third-order valence-electron chi connectivity index (χ3n) is 3.16. The van der Waals surface area contributed by atoms with Crippen LogP contribution in [0.5, 0.6) is 0 Å². The van der Waals surface area contributed by atoms with Gasteiger partial charge in [0.05, 0.1) is 19.4 Å². The third-order valence-corrected chi connectivity index (χ3v) is 4.88. The van der Waals surface area contributed by atoms with Crippen LogP contribution < -0.4 is 0 Å². The lowest BCUT2D eigenvalue weighted by Gasteiger charge is -2.32. The Balaban J connectivity index is 1.83. The lowest BCUT2D eigenvalue weighted by atomic mass is 10.2. The van der Waals surface area contributed by atoms with E-state index in [1.54, 1.807) is 11.3 Å². The zero-order valence-electron chi connectivity index (χ0n) is 10.9. The van der Waals surface area contributed by atoms with Crippen molar-refractivity contribution >= 4 is 34.6 Å². The Bertz CT molecular complexity index is 653. The number of carbonyl (C=O) groups is 2. The highest BCUT2D eigenvalue weighted by molar-refractivity contribution is 7.17. The Hall–Kier alpha value is -1.77. The molecule has 6 nitrogen and oxygen atoms in total. The van der Waals surface area contributed by atoms with Crippen LogP contribution in [0.25, 0.3) is 10.6 Å². The molecule has 2 aromatic heterocycles. The van der Waals surface area contributed by atoms with Gasteiger partial charge in [-0.25, -0.2) is 9.78 Å². The van der Waals surface area contributed by atoms with Gasteiger partial charge in [0, 0.05) is 17.5 Å². The molecular weight excluding hydrogens is 312 g/mol. The number of morpholine rings is 1. The largest absolute Gasteiger partial charge is 0.480 e. The molecule has 0 unspecified atom stereocenters. The lowest BCUT2D eigenvalue weighted by molar-refractivity contribution is -0.147. The fraction of sp³-hybridized carbons (Fsp3) is 0.308. The summed E-state index contributed by atoms with van der Waals surface area (Å²) < 4.78 is 5.14. The Kier molecular flexibility index (Phi) is 4.00.